The number of amides is 2. The Morgan fingerprint density at radius 2 is 1.70 bits per heavy atom. The second-order valence-electron chi connectivity index (χ2n) is 8.51. The fourth-order valence-corrected chi connectivity index (χ4v) is 4.34. The smallest absolute Gasteiger partial charge is 0.294 e. The van der Waals surface area contributed by atoms with E-state index in [1.165, 1.54) is 17.6 Å². The fourth-order valence-electron chi connectivity index (χ4n) is 4.34. The highest BCUT2D eigenvalue weighted by atomic mass is 16.5. The van der Waals surface area contributed by atoms with Crippen molar-refractivity contribution in [2.75, 3.05) is 12.0 Å². The molecular formula is C27H30N2O4. The lowest BCUT2D eigenvalue weighted by Gasteiger charge is -2.33. The number of carbonyl (C=O) groups excluding carboxylic acids is 2. The Hall–Kier alpha value is -3.54. The topological polar surface area (TPSA) is 71.8 Å². The molecule has 33 heavy (non-hydrogen) atoms. The van der Waals surface area contributed by atoms with E-state index in [1.54, 1.807) is 43.5 Å². The Morgan fingerprint density at radius 1 is 1.00 bits per heavy atom. The zero-order valence-electron chi connectivity index (χ0n) is 19.1. The lowest BCUT2D eigenvalue weighted by molar-refractivity contribution is -0.123. The van der Waals surface area contributed by atoms with Crippen molar-refractivity contribution >= 4 is 17.5 Å². The van der Waals surface area contributed by atoms with Gasteiger partial charge in [0.2, 0.25) is 5.91 Å². The summed E-state index contributed by atoms with van der Waals surface area (Å²) in [6, 6.07) is 17.4. The van der Waals surface area contributed by atoms with Crippen molar-refractivity contribution in [2.24, 2.45) is 0 Å². The molecule has 4 rings (SSSR count). The van der Waals surface area contributed by atoms with Gasteiger partial charge >= 0.3 is 0 Å². The van der Waals surface area contributed by atoms with Crippen molar-refractivity contribution in [3.63, 3.8) is 0 Å². The maximum atomic E-state index is 13.7. The summed E-state index contributed by atoms with van der Waals surface area (Å²) >= 11 is 0. The molecule has 0 aliphatic heterocycles. The van der Waals surface area contributed by atoms with Gasteiger partial charge in [-0.15, -0.1) is 0 Å². The van der Waals surface area contributed by atoms with Gasteiger partial charge in [0.15, 0.2) is 5.76 Å². The molecule has 172 valence electrons. The summed E-state index contributed by atoms with van der Waals surface area (Å²) in [5.74, 6) is 0.270. The van der Waals surface area contributed by atoms with Crippen LogP contribution in [0.3, 0.4) is 0 Å². The molecule has 0 spiro atoms. The van der Waals surface area contributed by atoms with Crippen LogP contribution in [-0.4, -0.2) is 25.0 Å². The molecule has 1 aromatic heterocycles. The summed E-state index contributed by atoms with van der Waals surface area (Å²) < 4.78 is 10.7. The van der Waals surface area contributed by atoms with Crippen LogP contribution in [-0.2, 0) is 4.79 Å². The molecular weight excluding hydrogens is 416 g/mol. The van der Waals surface area contributed by atoms with Gasteiger partial charge in [0.25, 0.3) is 5.91 Å². The van der Waals surface area contributed by atoms with Gasteiger partial charge in [0.1, 0.15) is 11.8 Å². The van der Waals surface area contributed by atoms with E-state index < -0.39 is 6.04 Å². The molecule has 1 aliphatic carbocycles. The standard InChI is InChI=1S/C27H30N2O4/c1-19-10-12-20(13-11-19)25(26(30)28-21-7-4-3-5-8-21)29(27(31)24-9-6-18-33-24)22-14-16-23(32-2)17-15-22/h6,9-18,21,25H,3-5,7-8H2,1-2H3,(H,28,30)/t25-/m0/s1. The average molecular weight is 447 g/mol. The zero-order chi connectivity index (χ0) is 23.2. The number of hydrogen-bond donors (Lipinski definition) is 1. The fraction of sp³-hybridized carbons (Fsp3) is 0.333. The molecule has 1 N–H and O–H groups in total. The van der Waals surface area contributed by atoms with Gasteiger partial charge in [-0.3, -0.25) is 14.5 Å². The molecule has 0 saturated heterocycles. The van der Waals surface area contributed by atoms with E-state index in [1.807, 2.05) is 31.2 Å². The number of nitrogens with zero attached hydrogens (tertiary/aromatic N) is 1. The van der Waals surface area contributed by atoms with Crippen LogP contribution in [0.4, 0.5) is 5.69 Å². The number of furan rings is 1. The molecule has 6 heteroatoms. The number of rotatable bonds is 7. The van der Waals surface area contributed by atoms with E-state index in [0.717, 1.165) is 36.8 Å². The minimum atomic E-state index is -0.849. The Labute approximate surface area is 194 Å². The molecule has 1 fully saturated rings. The highest BCUT2D eigenvalue weighted by Crippen LogP contribution is 2.32. The first kappa shape index (κ1) is 22.6. The number of aryl methyl sites for hydroxylation is 1. The Morgan fingerprint density at radius 3 is 2.30 bits per heavy atom. The summed E-state index contributed by atoms with van der Waals surface area (Å²) in [4.78, 5) is 28.9. The van der Waals surface area contributed by atoms with Crippen LogP contribution < -0.4 is 15.0 Å². The third-order valence-electron chi connectivity index (χ3n) is 6.15. The van der Waals surface area contributed by atoms with Crippen LogP contribution in [0.5, 0.6) is 5.75 Å². The number of ether oxygens (including phenoxy) is 1. The molecule has 2 amide bonds. The number of methoxy groups -OCH3 is 1. The van der Waals surface area contributed by atoms with Crippen molar-refractivity contribution in [3.8, 4) is 5.75 Å². The lowest BCUT2D eigenvalue weighted by atomic mass is 9.94. The summed E-state index contributed by atoms with van der Waals surface area (Å²) in [6.07, 6.45) is 6.79. The maximum absolute atomic E-state index is 13.7. The summed E-state index contributed by atoms with van der Waals surface area (Å²) in [5.41, 5.74) is 2.41. The van der Waals surface area contributed by atoms with E-state index in [2.05, 4.69) is 5.32 Å². The summed E-state index contributed by atoms with van der Waals surface area (Å²) in [7, 11) is 1.59. The SMILES string of the molecule is COc1ccc(N(C(=O)c2ccco2)[C@H](C(=O)NC2CCCCC2)c2ccc(C)cc2)cc1. The normalized spacial score (nSPS) is 15.0. The third-order valence-corrected chi connectivity index (χ3v) is 6.15. The maximum Gasteiger partial charge on any atom is 0.294 e. The van der Waals surface area contributed by atoms with Crippen LogP contribution in [0.2, 0.25) is 0 Å². The van der Waals surface area contributed by atoms with Gasteiger partial charge in [-0.25, -0.2) is 0 Å². The molecule has 1 aliphatic rings. The van der Waals surface area contributed by atoms with E-state index in [4.69, 9.17) is 9.15 Å². The van der Waals surface area contributed by atoms with E-state index in [0.29, 0.717) is 11.4 Å². The molecule has 0 radical (unpaired) electrons. The van der Waals surface area contributed by atoms with Crippen LogP contribution in [0.15, 0.2) is 71.3 Å². The first-order chi connectivity index (χ1) is 16.1. The van der Waals surface area contributed by atoms with Crippen LogP contribution >= 0.6 is 0 Å². The second-order valence-corrected chi connectivity index (χ2v) is 8.51. The number of nitrogens with one attached hydrogen (secondary N) is 1. The molecule has 6 nitrogen and oxygen atoms in total. The van der Waals surface area contributed by atoms with E-state index in [-0.39, 0.29) is 23.6 Å². The quantitative estimate of drug-likeness (QED) is 0.525. The van der Waals surface area contributed by atoms with Gasteiger partial charge in [0, 0.05) is 11.7 Å². The van der Waals surface area contributed by atoms with E-state index in [9.17, 15) is 9.59 Å². The minimum Gasteiger partial charge on any atom is -0.497 e. The Bertz CT molecular complexity index is 1050. The van der Waals surface area contributed by atoms with Gasteiger partial charge in [-0.1, -0.05) is 49.1 Å². The molecule has 2 aromatic carbocycles. The molecule has 0 bridgehead atoms. The first-order valence-electron chi connectivity index (χ1n) is 11.4. The highest BCUT2D eigenvalue weighted by Gasteiger charge is 2.35. The predicted molar refractivity (Wildman–Crippen MR) is 127 cm³/mol. The van der Waals surface area contributed by atoms with Crippen molar-refractivity contribution in [1.29, 1.82) is 0 Å². The largest absolute Gasteiger partial charge is 0.497 e. The van der Waals surface area contributed by atoms with Crippen LogP contribution in [0.1, 0.15) is 59.8 Å². The first-order valence-corrected chi connectivity index (χ1v) is 11.4. The number of benzene rings is 2. The van der Waals surface area contributed by atoms with Crippen LogP contribution in [0, 0.1) is 6.92 Å². The molecule has 1 atom stereocenters. The molecule has 3 aromatic rings. The summed E-state index contributed by atoms with van der Waals surface area (Å²) in [6.45, 7) is 2.00. The third kappa shape index (κ3) is 5.28. The average Bonchev–Trinajstić information content (AvgIpc) is 3.39. The van der Waals surface area contributed by atoms with Gasteiger partial charge < -0.3 is 14.5 Å². The van der Waals surface area contributed by atoms with Gasteiger partial charge in [-0.2, -0.15) is 0 Å². The lowest BCUT2D eigenvalue weighted by Crippen LogP contribution is -2.47. The zero-order valence-corrected chi connectivity index (χ0v) is 19.1. The number of carbonyl (C=O) groups is 2. The second kappa shape index (κ2) is 10.4. The van der Waals surface area contributed by atoms with Crippen molar-refractivity contribution < 1.29 is 18.7 Å². The molecule has 0 unspecified atom stereocenters. The predicted octanol–water partition coefficient (Wildman–Crippen LogP) is 5.43. The Balaban J connectivity index is 1.77. The Kier molecular flexibility index (Phi) is 7.13. The van der Waals surface area contributed by atoms with Crippen molar-refractivity contribution in [3.05, 3.63) is 83.8 Å². The molecule has 1 saturated carbocycles. The van der Waals surface area contributed by atoms with Crippen LogP contribution in [0.25, 0.3) is 0 Å². The molecule has 1 heterocycles. The monoisotopic (exact) mass is 446 g/mol. The number of hydrogen-bond acceptors (Lipinski definition) is 4. The number of anilines is 1. The highest BCUT2D eigenvalue weighted by molar-refractivity contribution is 6.08. The van der Waals surface area contributed by atoms with Crippen molar-refractivity contribution in [2.45, 2.75) is 51.1 Å². The van der Waals surface area contributed by atoms with Crippen molar-refractivity contribution in [1.82, 2.24) is 5.32 Å². The summed E-state index contributed by atoms with van der Waals surface area (Å²) in [5, 5.41) is 3.22. The van der Waals surface area contributed by atoms with Gasteiger partial charge in [0.05, 0.1) is 13.4 Å². The van der Waals surface area contributed by atoms with Gasteiger partial charge in [-0.05, 0) is 61.7 Å². The van der Waals surface area contributed by atoms with E-state index >= 15 is 0 Å². The minimum absolute atomic E-state index is 0.121.